The van der Waals surface area contributed by atoms with Crippen molar-refractivity contribution >= 4 is 12.4 Å². The van der Waals surface area contributed by atoms with Crippen LogP contribution < -0.4 is 0 Å². The molecule has 0 radical (unpaired) electrons. The second-order valence-corrected chi connectivity index (χ2v) is 5.35. The average Bonchev–Trinajstić information content (AvgIpc) is 2.50. The molecule has 0 heterocycles. The van der Waals surface area contributed by atoms with E-state index < -0.39 is 0 Å². The zero-order valence-electron chi connectivity index (χ0n) is 15.9. The fourth-order valence-electron chi connectivity index (χ4n) is 1.62. The Labute approximate surface area is 166 Å². The minimum Gasteiger partial charge on any atom is -0.396 e. The van der Waals surface area contributed by atoms with E-state index >= 15 is 0 Å². The first kappa shape index (κ1) is 35.1. The zero-order valence-corrected chi connectivity index (χ0v) is 18.2. The van der Waals surface area contributed by atoms with Crippen molar-refractivity contribution in [2.45, 2.75) is 97.8 Å². The topological polar surface area (TPSA) is 60.7 Å². The summed E-state index contributed by atoms with van der Waals surface area (Å²) in [6, 6.07) is 0. The van der Waals surface area contributed by atoms with Crippen LogP contribution in [0.4, 0.5) is 0 Å². The molecule has 5 heteroatoms. The standard InChI is InChI=1S/3C6H14O.ClH.Ti/c3*1-2-3-4-5-6-7;;/h3*7H,2-6H2,1H3;1H;. The first-order valence-electron chi connectivity index (χ1n) is 9.07. The SMILES string of the molecule is CCCCCCO.CCCCCCO.CCCCCCO.Cl.[Ti]. The number of aliphatic hydroxyl groups is 3. The van der Waals surface area contributed by atoms with E-state index in [2.05, 4.69) is 20.8 Å². The van der Waals surface area contributed by atoms with Gasteiger partial charge in [0.05, 0.1) is 0 Å². The van der Waals surface area contributed by atoms with Gasteiger partial charge in [-0.3, -0.25) is 0 Å². The second-order valence-electron chi connectivity index (χ2n) is 5.35. The molecule has 0 amide bonds. The van der Waals surface area contributed by atoms with Crippen LogP contribution in [0.1, 0.15) is 97.8 Å². The number of aliphatic hydroxyl groups excluding tert-OH is 3. The van der Waals surface area contributed by atoms with E-state index in [1.165, 1.54) is 57.8 Å². The first-order valence-corrected chi connectivity index (χ1v) is 9.07. The molecule has 3 nitrogen and oxygen atoms in total. The van der Waals surface area contributed by atoms with Gasteiger partial charge >= 0.3 is 0 Å². The molecule has 144 valence electrons. The summed E-state index contributed by atoms with van der Waals surface area (Å²) in [5, 5.41) is 24.9. The Balaban J connectivity index is -0.0000000675. The summed E-state index contributed by atoms with van der Waals surface area (Å²) in [4.78, 5) is 0. The summed E-state index contributed by atoms with van der Waals surface area (Å²) in [5.74, 6) is 0. The van der Waals surface area contributed by atoms with Crippen LogP contribution in [0.25, 0.3) is 0 Å². The predicted molar refractivity (Wildman–Crippen MR) is 101 cm³/mol. The number of hydrogen-bond donors (Lipinski definition) is 3. The molecule has 0 fully saturated rings. The van der Waals surface area contributed by atoms with Crippen LogP contribution in [0.15, 0.2) is 0 Å². The summed E-state index contributed by atoms with van der Waals surface area (Å²) in [6.45, 7) is 7.58. The van der Waals surface area contributed by atoms with Crippen molar-refractivity contribution in [3.05, 3.63) is 0 Å². The molecule has 0 aliphatic heterocycles. The molecular formula is C18H43ClO3Ti. The minimum atomic E-state index is 0. The van der Waals surface area contributed by atoms with Crippen LogP contribution in [-0.2, 0) is 21.7 Å². The molecule has 0 aromatic carbocycles. The van der Waals surface area contributed by atoms with Crippen molar-refractivity contribution in [1.29, 1.82) is 0 Å². The van der Waals surface area contributed by atoms with Crippen molar-refractivity contribution in [2.75, 3.05) is 19.8 Å². The van der Waals surface area contributed by atoms with Crippen molar-refractivity contribution in [2.24, 2.45) is 0 Å². The van der Waals surface area contributed by atoms with Gasteiger partial charge in [0, 0.05) is 41.5 Å². The van der Waals surface area contributed by atoms with E-state index in [0.29, 0.717) is 19.8 Å². The third-order valence-electron chi connectivity index (χ3n) is 3.04. The molecular weight excluding hydrogens is 348 g/mol. The smallest absolute Gasteiger partial charge is 0.0431 e. The summed E-state index contributed by atoms with van der Waals surface area (Å²) in [7, 11) is 0. The third-order valence-corrected chi connectivity index (χ3v) is 3.04. The van der Waals surface area contributed by atoms with Crippen LogP contribution in [0, 0.1) is 0 Å². The molecule has 0 spiro atoms. The zero-order chi connectivity index (χ0) is 16.6. The molecule has 0 aromatic heterocycles. The number of halogens is 1. The molecule has 0 aliphatic rings. The molecule has 0 rings (SSSR count). The molecule has 0 aromatic rings. The quantitative estimate of drug-likeness (QED) is 0.321. The van der Waals surface area contributed by atoms with Crippen LogP contribution in [0.2, 0.25) is 0 Å². The Morgan fingerprint density at radius 3 is 0.783 bits per heavy atom. The summed E-state index contributed by atoms with van der Waals surface area (Å²) in [6.07, 6.45) is 14.0. The third kappa shape index (κ3) is 60.1. The van der Waals surface area contributed by atoms with Crippen LogP contribution >= 0.6 is 12.4 Å². The normalized spacial score (nSPS) is 8.61. The van der Waals surface area contributed by atoms with Gasteiger partial charge < -0.3 is 15.3 Å². The van der Waals surface area contributed by atoms with Crippen molar-refractivity contribution in [1.82, 2.24) is 0 Å². The second kappa shape index (κ2) is 43.4. The maximum atomic E-state index is 8.29. The van der Waals surface area contributed by atoms with Gasteiger partial charge in [0.1, 0.15) is 0 Å². The van der Waals surface area contributed by atoms with Gasteiger partial charge in [0.15, 0.2) is 0 Å². The van der Waals surface area contributed by atoms with Gasteiger partial charge in [-0.25, -0.2) is 0 Å². The van der Waals surface area contributed by atoms with Crippen molar-refractivity contribution < 1.29 is 37.0 Å². The minimum absolute atomic E-state index is 0. The van der Waals surface area contributed by atoms with Crippen molar-refractivity contribution in [3.8, 4) is 0 Å². The van der Waals surface area contributed by atoms with E-state index in [4.69, 9.17) is 15.3 Å². The van der Waals surface area contributed by atoms with E-state index in [1.54, 1.807) is 0 Å². The Morgan fingerprint density at radius 1 is 0.435 bits per heavy atom. The van der Waals surface area contributed by atoms with E-state index in [9.17, 15) is 0 Å². The Hall–Kier alpha value is 0.884. The van der Waals surface area contributed by atoms with Crippen LogP contribution in [0.3, 0.4) is 0 Å². The molecule has 0 aliphatic carbocycles. The van der Waals surface area contributed by atoms with E-state index in [1.807, 2.05) is 0 Å². The van der Waals surface area contributed by atoms with Crippen LogP contribution in [0.5, 0.6) is 0 Å². The van der Waals surface area contributed by atoms with E-state index in [0.717, 1.165) is 19.3 Å². The van der Waals surface area contributed by atoms with Crippen LogP contribution in [-0.4, -0.2) is 35.1 Å². The van der Waals surface area contributed by atoms with E-state index in [-0.39, 0.29) is 34.1 Å². The number of unbranched alkanes of at least 4 members (excludes halogenated alkanes) is 9. The average molecular weight is 391 g/mol. The maximum absolute atomic E-state index is 8.29. The summed E-state index contributed by atoms with van der Waals surface area (Å²) >= 11 is 0. The number of hydrogen-bond acceptors (Lipinski definition) is 3. The van der Waals surface area contributed by atoms with Gasteiger partial charge in [0.25, 0.3) is 0 Å². The molecule has 0 atom stereocenters. The monoisotopic (exact) mass is 390 g/mol. The molecule has 0 unspecified atom stereocenters. The summed E-state index contributed by atoms with van der Waals surface area (Å²) in [5.41, 5.74) is 0. The van der Waals surface area contributed by atoms with Crippen molar-refractivity contribution in [3.63, 3.8) is 0 Å². The molecule has 23 heavy (non-hydrogen) atoms. The molecule has 0 saturated carbocycles. The Kier molecular flexibility index (Phi) is 66.2. The molecule has 3 N–H and O–H groups in total. The number of rotatable bonds is 12. The van der Waals surface area contributed by atoms with Gasteiger partial charge in [0.2, 0.25) is 0 Å². The van der Waals surface area contributed by atoms with Gasteiger partial charge in [-0.15, -0.1) is 12.4 Å². The fraction of sp³-hybridized carbons (Fsp3) is 1.00. The van der Waals surface area contributed by atoms with Gasteiger partial charge in [-0.1, -0.05) is 78.6 Å². The molecule has 0 bridgehead atoms. The maximum Gasteiger partial charge on any atom is 0.0431 e. The Morgan fingerprint density at radius 2 is 0.652 bits per heavy atom. The summed E-state index contributed by atoms with van der Waals surface area (Å²) < 4.78 is 0. The molecule has 0 saturated heterocycles. The Bertz CT molecular complexity index is 106. The van der Waals surface area contributed by atoms with Gasteiger partial charge in [-0.05, 0) is 19.3 Å². The first-order chi connectivity index (χ1) is 10.2. The fourth-order valence-corrected chi connectivity index (χ4v) is 1.62. The van der Waals surface area contributed by atoms with Gasteiger partial charge in [-0.2, -0.15) is 0 Å². The predicted octanol–water partition coefficient (Wildman–Crippen LogP) is 5.10. The largest absolute Gasteiger partial charge is 0.396 e.